The van der Waals surface area contributed by atoms with Gasteiger partial charge in [-0.2, -0.15) is 0 Å². The summed E-state index contributed by atoms with van der Waals surface area (Å²) in [6, 6.07) is 6.84. The molecule has 2 saturated heterocycles. The highest BCUT2D eigenvalue weighted by Crippen LogP contribution is 2.65. The highest BCUT2D eigenvalue weighted by atomic mass is 32.2. The molecule has 2 aromatic rings. The molecular weight excluding hydrogens is 542 g/mol. The maximum Gasteiger partial charge on any atom is 0.311 e. The van der Waals surface area contributed by atoms with Gasteiger partial charge in [0.1, 0.15) is 18.2 Å². The smallest absolute Gasteiger partial charge is 0.311 e. The number of carbonyl (C=O) groups excluding carboxylic acids is 3. The van der Waals surface area contributed by atoms with Crippen LogP contribution in [-0.4, -0.2) is 89.5 Å². The topological polar surface area (TPSA) is 118 Å². The van der Waals surface area contributed by atoms with Crippen LogP contribution in [0.3, 0.4) is 0 Å². The van der Waals surface area contributed by atoms with Crippen LogP contribution >= 0.6 is 11.8 Å². The van der Waals surface area contributed by atoms with Gasteiger partial charge < -0.3 is 19.6 Å². The van der Waals surface area contributed by atoms with Crippen LogP contribution in [0.15, 0.2) is 48.6 Å². The van der Waals surface area contributed by atoms with Crippen LogP contribution in [-0.2, 0) is 25.8 Å². The third kappa shape index (κ3) is 4.76. The summed E-state index contributed by atoms with van der Waals surface area (Å²) in [5, 5.41) is 17.8. The lowest BCUT2D eigenvalue weighted by atomic mass is 9.74. The Kier molecular flexibility index (Phi) is 7.67. The Bertz CT molecular complexity index is 1390. The summed E-state index contributed by atoms with van der Waals surface area (Å²) in [5.74, 6) is -2.12. The molecule has 1 aromatic carbocycles. The minimum Gasteiger partial charge on any atom is -0.465 e. The molecule has 0 saturated carbocycles. The van der Waals surface area contributed by atoms with Crippen LogP contribution < -0.4 is 0 Å². The average molecular weight is 580 g/mol. The molecule has 1 spiro atoms. The number of aliphatic hydroxyl groups excluding tert-OH is 1. The summed E-state index contributed by atoms with van der Waals surface area (Å²) in [5.41, 5.74) is 1.57. The summed E-state index contributed by atoms with van der Waals surface area (Å²) in [6.07, 6.45) is 12.8. The molecule has 5 heterocycles. The first-order valence-corrected chi connectivity index (χ1v) is 15.4. The standard InChI is InChI=1S/C30H37N5O5S/c1-29-14-7-2-3-10-19-40-28(39)24(29)23-26(37)34(17-8-4-9-18-36)25-27(38)33(16-11-15-30(23,25)41-29)20-35-22-13-6-5-12-21(22)31-32-35/h5-7,11-15,23-25,36H,2-4,8-10,16-20H2,1H3/b14-7-/t23-,24-,25?,29+,30-/m0/s1. The molecule has 2 fully saturated rings. The normalized spacial score (nSPS) is 32.4. The van der Waals surface area contributed by atoms with E-state index in [1.54, 1.807) is 26.2 Å². The van der Waals surface area contributed by atoms with Crippen LogP contribution in [0.25, 0.3) is 11.0 Å². The molecule has 5 atom stereocenters. The molecule has 4 aliphatic rings. The molecule has 0 aliphatic carbocycles. The van der Waals surface area contributed by atoms with Gasteiger partial charge in [0.15, 0.2) is 0 Å². The number of allylic oxidation sites excluding steroid dienone is 1. The first-order chi connectivity index (χ1) is 19.9. The van der Waals surface area contributed by atoms with E-state index in [9.17, 15) is 19.5 Å². The van der Waals surface area contributed by atoms with Gasteiger partial charge in [-0.05, 0) is 57.6 Å². The Morgan fingerprint density at radius 1 is 1.05 bits per heavy atom. The molecule has 1 aromatic heterocycles. The van der Waals surface area contributed by atoms with Crippen LogP contribution in [0.4, 0.5) is 0 Å². The Labute approximate surface area is 243 Å². The highest BCUT2D eigenvalue weighted by molar-refractivity contribution is 8.02. The number of thioether (sulfide) groups is 1. The second-order valence-electron chi connectivity index (χ2n) is 11.6. The number of nitrogens with zero attached hydrogens (tertiary/aromatic N) is 5. The van der Waals surface area contributed by atoms with Gasteiger partial charge in [0, 0.05) is 24.4 Å². The fourth-order valence-corrected chi connectivity index (χ4v) is 9.12. The van der Waals surface area contributed by atoms with Crippen molar-refractivity contribution in [2.75, 3.05) is 26.3 Å². The number of carbonyl (C=O) groups is 3. The molecule has 1 N–H and O–H groups in total. The first-order valence-electron chi connectivity index (χ1n) is 14.6. The number of cyclic esters (lactones) is 1. The van der Waals surface area contributed by atoms with Crippen molar-refractivity contribution in [1.29, 1.82) is 0 Å². The molecular formula is C30H37N5O5S. The van der Waals surface area contributed by atoms with E-state index in [1.807, 2.05) is 43.3 Å². The predicted molar refractivity (Wildman–Crippen MR) is 154 cm³/mol. The summed E-state index contributed by atoms with van der Waals surface area (Å²) >= 11 is 1.56. The van der Waals surface area contributed by atoms with Crippen molar-refractivity contribution in [2.24, 2.45) is 11.8 Å². The molecule has 11 heteroatoms. The average Bonchev–Trinajstić information content (AvgIpc) is 3.52. The number of amides is 2. The van der Waals surface area contributed by atoms with E-state index in [0.29, 0.717) is 32.5 Å². The predicted octanol–water partition coefficient (Wildman–Crippen LogP) is 2.92. The monoisotopic (exact) mass is 579 g/mol. The Hall–Kier alpha value is -3.18. The summed E-state index contributed by atoms with van der Waals surface area (Å²) in [4.78, 5) is 46.0. The second kappa shape index (κ2) is 11.2. The minimum absolute atomic E-state index is 0.0830. The number of hydrogen-bond donors (Lipinski definition) is 1. The zero-order valence-electron chi connectivity index (χ0n) is 23.4. The fraction of sp³-hybridized carbons (Fsp3) is 0.567. The second-order valence-corrected chi connectivity index (χ2v) is 13.4. The van der Waals surface area contributed by atoms with Crippen LogP contribution in [0.5, 0.6) is 0 Å². The van der Waals surface area contributed by atoms with E-state index >= 15 is 0 Å². The molecule has 10 nitrogen and oxygen atoms in total. The van der Waals surface area contributed by atoms with E-state index in [2.05, 4.69) is 22.5 Å². The van der Waals surface area contributed by atoms with Crippen molar-refractivity contribution < 1.29 is 24.2 Å². The van der Waals surface area contributed by atoms with Gasteiger partial charge in [-0.1, -0.05) is 41.7 Å². The molecule has 1 unspecified atom stereocenters. The van der Waals surface area contributed by atoms with Crippen LogP contribution in [0.2, 0.25) is 0 Å². The molecule has 4 aliphatic heterocycles. The number of esters is 1. The number of unbranched alkanes of at least 4 members (excludes halogenated alkanes) is 2. The summed E-state index contributed by atoms with van der Waals surface area (Å²) < 4.78 is 5.85. The zero-order valence-corrected chi connectivity index (χ0v) is 24.2. The van der Waals surface area contributed by atoms with Crippen molar-refractivity contribution in [3.05, 3.63) is 48.6 Å². The fourth-order valence-electron chi connectivity index (χ4n) is 6.97. The lowest BCUT2D eigenvalue weighted by molar-refractivity contribution is -0.154. The highest BCUT2D eigenvalue weighted by Gasteiger charge is 2.73. The minimum atomic E-state index is -0.916. The molecule has 2 amide bonds. The van der Waals surface area contributed by atoms with Gasteiger partial charge in [0.05, 0.1) is 28.7 Å². The number of aromatic nitrogens is 3. The molecule has 41 heavy (non-hydrogen) atoms. The summed E-state index contributed by atoms with van der Waals surface area (Å²) in [7, 11) is 0. The largest absolute Gasteiger partial charge is 0.465 e. The SMILES string of the molecule is C[C@@]12/C=C\CCCCOC(=O)[C@@H]1[C@H]1C(=O)N(CCCCCO)C3C(=O)N(Cn4nnc5ccccc54)CC=C[C@@]31S2. The zero-order chi connectivity index (χ0) is 28.6. The van der Waals surface area contributed by atoms with Crippen LogP contribution in [0.1, 0.15) is 45.4 Å². The van der Waals surface area contributed by atoms with E-state index < -0.39 is 27.4 Å². The molecule has 0 radical (unpaired) electrons. The van der Waals surface area contributed by atoms with Gasteiger partial charge in [-0.3, -0.25) is 14.4 Å². The van der Waals surface area contributed by atoms with Crippen molar-refractivity contribution in [1.82, 2.24) is 24.8 Å². The third-order valence-electron chi connectivity index (χ3n) is 8.87. The Morgan fingerprint density at radius 2 is 1.90 bits per heavy atom. The maximum absolute atomic E-state index is 14.6. The van der Waals surface area contributed by atoms with E-state index in [0.717, 1.165) is 36.7 Å². The van der Waals surface area contributed by atoms with Crippen molar-refractivity contribution >= 4 is 40.6 Å². The van der Waals surface area contributed by atoms with E-state index in [4.69, 9.17) is 4.74 Å². The number of aliphatic hydroxyl groups is 1. The van der Waals surface area contributed by atoms with Crippen molar-refractivity contribution in [3.8, 4) is 0 Å². The first kappa shape index (κ1) is 28.0. The third-order valence-corrected chi connectivity index (χ3v) is 10.7. The molecule has 6 rings (SSSR count). The van der Waals surface area contributed by atoms with Gasteiger partial charge >= 0.3 is 5.97 Å². The lowest BCUT2D eigenvalue weighted by Gasteiger charge is -2.37. The van der Waals surface area contributed by atoms with Gasteiger partial charge in [-0.15, -0.1) is 16.9 Å². The van der Waals surface area contributed by atoms with Gasteiger partial charge in [-0.25, -0.2) is 4.68 Å². The van der Waals surface area contributed by atoms with E-state index in [-0.39, 0.29) is 31.1 Å². The number of fused-ring (bicyclic) bond motifs is 3. The van der Waals surface area contributed by atoms with E-state index in [1.165, 1.54) is 0 Å². The quantitative estimate of drug-likeness (QED) is 0.302. The summed E-state index contributed by atoms with van der Waals surface area (Å²) in [6.45, 7) is 3.36. The maximum atomic E-state index is 14.6. The Morgan fingerprint density at radius 3 is 2.76 bits per heavy atom. The molecule has 218 valence electrons. The number of rotatable bonds is 7. The number of para-hydroxylation sites is 1. The number of benzene rings is 1. The van der Waals surface area contributed by atoms with Crippen molar-refractivity contribution in [2.45, 2.75) is 67.7 Å². The molecule has 0 bridgehead atoms. The van der Waals surface area contributed by atoms with Gasteiger partial charge in [0.2, 0.25) is 11.8 Å². The Balaban J connectivity index is 1.39. The van der Waals surface area contributed by atoms with Gasteiger partial charge in [0.25, 0.3) is 0 Å². The lowest BCUT2D eigenvalue weighted by Crippen LogP contribution is -2.53. The number of likely N-dealkylation sites (tertiary alicyclic amines) is 1. The van der Waals surface area contributed by atoms with Crippen LogP contribution in [0, 0.1) is 11.8 Å². The van der Waals surface area contributed by atoms with Crippen molar-refractivity contribution in [3.63, 3.8) is 0 Å². The number of hydrogen-bond acceptors (Lipinski definition) is 8. The number of ether oxygens (including phenoxy) is 1.